The van der Waals surface area contributed by atoms with Crippen LogP contribution in [-0.2, 0) is 16.1 Å². The second kappa shape index (κ2) is 10.8. The highest BCUT2D eigenvalue weighted by Crippen LogP contribution is 2.44. The van der Waals surface area contributed by atoms with E-state index in [4.69, 9.17) is 11.6 Å². The van der Waals surface area contributed by atoms with Crippen LogP contribution < -0.4 is 0 Å². The summed E-state index contributed by atoms with van der Waals surface area (Å²) in [6.07, 6.45) is 4.49. The lowest BCUT2D eigenvalue weighted by atomic mass is 9.83. The number of thioether (sulfide) groups is 1. The molecule has 2 heterocycles. The summed E-state index contributed by atoms with van der Waals surface area (Å²) in [4.78, 5) is 33.6. The summed E-state index contributed by atoms with van der Waals surface area (Å²) in [6.45, 7) is 4.31. The second-order valence-corrected chi connectivity index (χ2v) is 11.5. The van der Waals surface area contributed by atoms with Crippen LogP contribution in [0, 0.1) is 5.92 Å². The number of hydrogen-bond donors (Lipinski definition) is 0. The number of carbonyl (C=O) groups excluding carboxylic acids is 2. The Morgan fingerprint density at radius 3 is 2.49 bits per heavy atom. The van der Waals surface area contributed by atoms with Crippen molar-refractivity contribution in [2.75, 3.05) is 33.2 Å². The Balaban J connectivity index is 1.18. The van der Waals surface area contributed by atoms with Crippen molar-refractivity contribution in [1.29, 1.82) is 0 Å². The summed E-state index contributed by atoms with van der Waals surface area (Å²) < 4.78 is 0. The summed E-state index contributed by atoms with van der Waals surface area (Å²) >= 11 is 7.98. The molecule has 2 amide bonds. The molecule has 2 aromatic rings. The lowest BCUT2D eigenvalue weighted by Crippen LogP contribution is -2.54. The zero-order valence-electron chi connectivity index (χ0n) is 20.1. The molecule has 1 aliphatic carbocycles. The molecular weight excluding hydrogens is 478 g/mol. The molecule has 5 nitrogen and oxygen atoms in total. The van der Waals surface area contributed by atoms with E-state index < -0.39 is 0 Å². The van der Waals surface area contributed by atoms with E-state index in [1.54, 1.807) is 11.8 Å². The standard InChI is InChI=1S/C28H32ClN3O2S/c1-30-24-17-22(27(33)32-15-13-31(14-16-32)19-20-7-3-2-4-8-20)11-12-25(24)35-26(28(30)34)18-21-9-5-6-10-23(21)29/h2-10,18,22,24-25H,11-17,19H2,1H3/b26-18-. The quantitative estimate of drug-likeness (QED) is 0.557. The fourth-order valence-corrected chi connectivity index (χ4v) is 7.14. The fourth-order valence-electron chi connectivity index (χ4n) is 5.48. The number of likely N-dealkylation sites (N-methyl/N-ethyl adjacent to an activating group) is 1. The maximum absolute atomic E-state index is 13.4. The minimum Gasteiger partial charge on any atom is -0.340 e. The molecule has 3 fully saturated rings. The van der Waals surface area contributed by atoms with E-state index in [1.807, 2.05) is 53.3 Å². The number of halogens is 1. The number of rotatable bonds is 4. The number of amides is 2. The topological polar surface area (TPSA) is 43.9 Å². The van der Waals surface area contributed by atoms with Gasteiger partial charge in [-0.25, -0.2) is 0 Å². The normalized spacial score (nSPS) is 26.6. The molecule has 2 aromatic carbocycles. The summed E-state index contributed by atoms with van der Waals surface area (Å²) in [6, 6.07) is 18.2. The van der Waals surface area contributed by atoms with Crippen LogP contribution in [0.2, 0.25) is 5.02 Å². The van der Waals surface area contributed by atoms with Crippen LogP contribution in [0.15, 0.2) is 59.5 Å². The third-order valence-corrected chi connectivity index (χ3v) is 9.28. The molecule has 0 radical (unpaired) electrons. The zero-order valence-corrected chi connectivity index (χ0v) is 21.7. The van der Waals surface area contributed by atoms with Gasteiger partial charge in [0.05, 0.1) is 4.91 Å². The van der Waals surface area contributed by atoms with Crippen LogP contribution in [-0.4, -0.2) is 71.0 Å². The van der Waals surface area contributed by atoms with Gasteiger partial charge in [0, 0.05) is 62.0 Å². The Morgan fingerprint density at radius 1 is 1.03 bits per heavy atom. The number of fused-ring (bicyclic) bond motifs is 1. The zero-order chi connectivity index (χ0) is 24.4. The van der Waals surface area contributed by atoms with Crippen molar-refractivity contribution in [2.24, 2.45) is 5.92 Å². The number of carbonyl (C=O) groups is 2. The van der Waals surface area contributed by atoms with Crippen molar-refractivity contribution in [1.82, 2.24) is 14.7 Å². The van der Waals surface area contributed by atoms with Gasteiger partial charge in [0.1, 0.15) is 0 Å². The van der Waals surface area contributed by atoms with Gasteiger partial charge in [-0.2, -0.15) is 0 Å². The highest BCUT2D eigenvalue weighted by Gasteiger charge is 2.43. The molecule has 35 heavy (non-hydrogen) atoms. The summed E-state index contributed by atoms with van der Waals surface area (Å²) in [5.41, 5.74) is 2.18. The maximum atomic E-state index is 13.4. The predicted octanol–water partition coefficient (Wildman–Crippen LogP) is 4.77. The molecule has 0 bridgehead atoms. The molecule has 7 heteroatoms. The van der Waals surface area contributed by atoms with Gasteiger partial charge in [0.2, 0.25) is 5.91 Å². The van der Waals surface area contributed by atoms with Crippen LogP contribution in [0.5, 0.6) is 0 Å². The number of hydrogen-bond acceptors (Lipinski definition) is 4. The molecule has 2 saturated heterocycles. The van der Waals surface area contributed by atoms with Gasteiger partial charge in [-0.1, -0.05) is 60.1 Å². The summed E-state index contributed by atoms with van der Waals surface area (Å²) in [5.74, 6) is 0.298. The molecule has 3 aliphatic rings. The molecule has 0 N–H and O–H groups in total. The predicted molar refractivity (Wildman–Crippen MR) is 143 cm³/mol. The highest BCUT2D eigenvalue weighted by molar-refractivity contribution is 8.04. The average molecular weight is 510 g/mol. The summed E-state index contributed by atoms with van der Waals surface area (Å²) in [5, 5.41) is 0.967. The first-order chi connectivity index (χ1) is 17.0. The van der Waals surface area contributed by atoms with Crippen molar-refractivity contribution in [3.05, 3.63) is 75.7 Å². The van der Waals surface area contributed by atoms with Crippen molar-refractivity contribution in [3.63, 3.8) is 0 Å². The number of nitrogens with zero attached hydrogens (tertiary/aromatic N) is 3. The first-order valence-corrected chi connectivity index (χ1v) is 13.7. The van der Waals surface area contributed by atoms with Gasteiger partial charge >= 0.3 is 0 Å². The SMILES string of the molecule is CN1C(=O)/C(=C/c2ccccc2Cl)SC2CCC(C(=O)N3CCN(Cc4ccccc4)CC3)CC21. The Hall–Kier alpha value is -2.28. The Kier molecular flexibility index (Phi) is 7.51. The van der Waals surface area contributed by atoms with Crippen LogP contribution in [0.3, 0.4) is 0 Å². The Bertz CT molecular complexity index is 1100. The summed E-state index contributed by atoms with van der Waals surface area (Å²) in [7, 11) is 1.88. The lowest BCUT2D eigenvalue weighted by molar-refractivity contribution is -0.140. The number of benzene rings is 2. The smallest absolute Gasteiger partial charge is 0.260 e. The molecule has 0 spiro atoms. The van der Waals surface area contributed by atoms with Crippen LogP contribution in [0.25, 0.3) is 6.08 Å². The van der Waals surface area contributed by atoms with Crippen molar-refractivity contribution < 1.29 is 9.59 Å². The largest absolute Gasteiger partial charge is 0.340 e. The molecule has 184 valence electrons. The van der Waals surface area contributed by atoms with Crippen LogP contribution in [0.1, 0.15) is 30.4 Å². The molecule has 5 rings (SSSR count). The average Bonchev–Trinajstić information content (AvgIpc) is 2.89. The van der Waals surface area contributed by atoms with Crippen LogP contribution in [0.4, 0.5) is 0 Å². The van der Waals surface area contributed by atoms with E-state index in [9.17, 15) is 9.59 Å². The molecular formula is C28H32ClN3O2S. The van der Waals surface area contributed by atoms with E-state index in [0.29, 0.717) is 10.3 Å². The highest BCUT2D eigenvalue weighted by atomic mass is 35.5. The van der Waals surface area contributed by atoms with Gasteiger partial charge in [-0.05, 0) is 42.5 Å². The molecule has 3 unspecified atom stereocenters. The van der Waals surface area contributed by atoms with Gasteiger partial charge < -0.3 is 9.80 Å². The van der Waals surface area contributed by atoms with Crippen LogP contribution >= 0.6 is 23.4 Å². The molecule has 2 aliphatic heterocycles. The van der Waals surface area contributed by atoms with E-state index in [2.05, 4.69) is 29.2 Å². The van der Waals surface area contributed by atoms with E-state index in [0.717, 1.165) is 62.5 Å². The van der Waals surface area contributed by atoms with E-state index >= 15 is 0 Å². The van der Waals surface area contributed by atoms with Gasteiger partial charge in [0.25, 0.3) is 5.91 Å². The van der Waals surface area contributed by atoms with Gasteiger partial charge in [-0.3, -0.25) is 14.5 Å². The minimum absolute atomic E-state index is 0.00173. The number of piperazine rings is 1. The monoisotopic (exact) mass is 509 g/mol. The first kappa shape index (κ1) is 24.4. The molecule has 1 saturated carbocycles. The Morgan fingerprint density at radius 2 is 1.74 bits per heavy atom. The lowest BCUT2D eigenvalue weighted by Gasteiger charge is -2.45. The first-order valence-electron chi connectivity index (χ1n) is 12.4. The third kappa shape index (κ3) is 5.45. The van der Waals surface area contributed by atoms with E-state index in [-0.39, 0.29) is 23.8 Å². The fraction of sp³-hybridized carbons (Fsp3) is 0.429. The molecule has 3 atom stereocenters. The van der Waals surface area contributed by atoms with Gasteiger partial charge in [-0.15, -0.1) is 11.8 Å². The van der Waals surface area contributed by atoms with Crippen molar-refractivity contribution >= 4 is 41.3 Å². The van der Waals surface area contributed by atoms with E-state index in [1.165, 1.54) is 5.56 Å². The minimum atomic E-state index is 0.00173. The second-order valence-electron chi connectivity index (χ2n) is 9.77. The maximum Gasteiger partial charge on any atom is 0.260 e. The third-order valence-electron chi connectivity index (χ3n) is 7.54. The van der Waals surface area contributed by atoms with Gasteiger partial charge in [0.15, 0.2) is 0 Å². The van der Waals surface area contributed by atoms with Crippen molar-refractivity contribution in [3.8, 4) is 0 Å². The van der Waals surface area contributed by atoms with Crippen molar-refractivity contribution in [2.45, 2.75) is 37.1 Å². The Labute approximate surface area is 217 Å². The molecule has 0 aromatic heterocycles.